The van der Waals surface area contributed by atoms with Gasteiger partial charge >= 0.3 is 29.6 Å². The Morgan fingerprint density at radius 3 is 1.73 bits per heavy atom. The van der Waals surface area contributed by atoms with Gasteiger partial charge in [0.15, 0.2) is 0 Å². The minimum absolute atomic E-state index is 0. The number of hydrogen-bond donors (Lipinski definition) is 0. The van der Waals surface area contributed by atoms with E-state index in [1.54, 1.807) is 0 Å². The van der Waals surface area contributed by atoms with Gasteiger partial charge in [-0.25, -0.2) is 0 Å². The molecule has 0 unspecified atom stereocenters. The van der Waals surface area contributed by atoms with Crippen molar-refractivity contribution in [3.63, 3.8) is 0 Å². The van der Waals surface area contributed by atoms with Crippen molar-refractivity contribution >= 4 is 12.6 Å². The molecule has 0 atom stereocenters. The van der Waals surface area contributed by atoms with Gasteiger partial charge in [-0.05, 0) is 0 Å². The van der Waals surface area contributed by atoms with Crippen molar-refractivity contribution in [1.29, 1.82) is 0 Å². The summed E-state index contributed by atoms with van der Waals surface area (Å²) in [6.07, 6.45) is 9.61. The first-order valence-corrected chi connectivity index (χ1v) is 5.07. The van der Waals surface area contributed by atoms with Crippen molar-refractivity contribution < 1.29 is 29.6 Å². The summed E-state index contributed by atoms with van der Waals surface area (Å²) in [5, 5.41) is 0. The van der Waals surface area contributed by atoms with Crippen LogP contribution in [-0.2, 0) is 12.6 Å². The largest absolute Gasteiger partial charge is 1.00 e. The van der Waals surface area contributed by atoms with Gasteiger partial charge in [0.2, 0.25) is 0 Å². The quantitative estimate of drug-likeness (QED) is 0.310. The van der Waals surface area contributed by atoms with E-state index in [1.807, 2.05) is 0 Å². The third-order valence-electron chi connectivity index (χ3n) is 1.75. The van der Waals surface area contributed by atoms with E-state index in [1.165, 1.54) is 44.9 Å². The Kier molecular flexibility index (Phi) is 18.8. The Morgan fingerprint density at radius 1 is 0.818 bits per heavy atom. The van der Waals surface area contributed by atoms with Gasteiger partial charge in [0.25, 0.3) is 0 Å². The standard InChI is InChI=1S/C9H20S.Na/c1-2-3-4-5-6-7-8-9-10;/h10H,2-9H2,1H3;/q;+1/p-1. The molecule has 0 bridgehead atoms. The fraction of sp³-hybridized carbons (Fsp3) is 1.00. The summed E-state index contributed by atoms with van der Waals surface area (Å²) in [6, 6.07) is 0. The molecule has 0 nitrogen and oxygen atoms in total. The van der Waals surface area contributed by atoms with Gasteiger partial charge < -0.3 is 12.6 Å². The van der Waals surface area contributed by atoms with Crippen LogP contribution in [0.15, 0.2) is 0 Å². The molecule has 0 aromatic heterocycles. The molecule has 0 amide bonds. The number of rotatable bonds is 7. The van der Waals surface area contributed by atoms with Crippen LogP contribution in [0.25, 0.3) is 0 Å². The van der Waals surface area contributed by atoms with E-state index < -0.39 is 0 Å². The normalized spacial score (nSPS) is 9.27. The Hall–Kier alpha value is 1.35. The molecule has 0 aliphatic heterocycles. The molecule has 0 rings (SSSR count). The van der Waals surface area contributed by atoms with Gasteiger partial charge in [-0.3, -0.25) is 0 Å². The minimum Gasteiger partial charge on any atom is -0.793 e. The number of unbranched alkanes of at least 4 members (excludes halogenated alkanes) is 6. The monoisotopic (exact) mass is 182 g/mol. The van der Waals surface area contributed by atoms with Crippen LogP contribution >= 0.6 is 0 Å². The molecule has 0 aliphatic carbocycles. The zero-order valence-corrected chi connectivity index (χ0v) is 10.9. The summed E-state index contributed by atoms with van der Waals surface area (Å²) < 4.78 is 0. The molecule has 0 aliphatic rings. The maximum Gasteiger partial charge on any atom is 1.00 e. The summed E-state index contributed by atoms with van der Waals surface area (Å²) in [6.45, 7) is 2.25. The Morgan fingerprint density at radius 2 is 1.27 bits per heavy atom. The van der Waals surface area contributed by atoms with Crippen molar-refractivity contribution in [3.8, 4) is 0 Å². The van der Waals surface area contributed by atoms with Crippen LogP contribution in [0.2, 0.25) is 0 Å². The van der Waals surface area contributed by atoms with Crippen LogP contribution in [0.1, 0.15) is 51.9 Å². The topological polar surface area (TPSA) is 0 Å². The number of hydrogen-bond acceptors (Lipinski definition) is 1. The van der Waals surface area contributed by atoms with E-state index in [2.05, 4.69) is 6.92 Å². The maximum atomic E-state index is 4.85. The second-order valence-corrected chi connectivity index (χ2v) is 3.23. The van der Waals surface area contributed by atoms with Gasteiger partial charge in [-0.1, -0.05) is 51.9 Å². The average Bonchev–Trinajstić information content (AvgIpc) is 1.97. The molecule has 0 spiro atoms. The van der Waals surface area contributed by atoms with Crippen LogP contribution in [-0.4, -0.2) is 5.75 Å². The molecule has 2 heteroatoms. The van der Waals surface area contributed by atoms with Crippen molar-refractivity contribution in [3.05, 3.63) is 0 Å². The van der Waals surface area contributed by atoms with Crippen LogP contribution in [0, 0.1) is 0 Å². The van der Waals surface area contributed by atoms with Gasteiger partial charge in [0, 0.05) is 0 Å². The van der Waals surface area contributed by atoms with E-state index in [-0.39, 0.29) is 29.6 Å². The molecule has 0 aromatic rings. The second kappa shape index (κ2) is 13.9. The first-order valence-electron chi connectivity index (χ1n) is 4.50. The fourth-order valence-electron chi connectivity index (χ4n) is 1.06. The van der Waals surface area contributed by atoms with E-state index in [4.69, 9.17) is 12.6 Å². The Bertz CT molecular complexity index is 49.5. The van der Waals surface area contributed by atoms with E-state index >= 15 is 0 Å². The smallest absolute Gasteiger partial charge is 0.793 e. The summed E-state index contributed by atoms with van der Waals surface area (Å²) in [4.78, 5) is 0. The summed E-state index contributed by atoms with van der Waals surface area (Å²) in [5.74, 6) is 0.952. The van der Waals surface area contributed by atoms with Crippen molar-refractivity contribution in [1.82, 2.24) is 0 Å². The zero-order valence-electron chi connectivity index (χ0n) is 8.07. The van der Waals surface area contributed by atoms with E-state index in [9.17, 15) is 0 Å². The molecule has 0 aromatic carbocycles. The molecular formula is C9H19NaS. The van der Waals surface area contributed by atoms with Gasteiger partial charge in [-0.2, -0.15) is 5.75 Å². The molecule has 0 fully saturated rings. The van der Waals surface area contributed by atoms with Gasteiger partial charge in [0.1, 0.15) is 0 Å². The van der Waals surface area contributed by atoms with Crippen molar-refractivity contribution in [2.75, 3.05) is 5.75 Å². The minimum atomic E-state index is 0. The molecule has 0 heterocycles. The SMILES string of the molecule is CCCCCCCCC[S-].[Na+]. The molecule has 0 saturated heterocycles. The summed E-state index contributed by atoms with van der Waals surface area (Å²) >= 11 is 4.85. The fourth-order valence-corrected chi connectivity index (χ4v) is 1.26. The third-order valence-corrected chi connectivity index (χ3v) is 2.04. The van der Waals surface area contributed by atoms with Crippen LogP contribution in [0.4, 0.5) is 0 Å². The molecular weight excluding hydrogens is 163 g/mol. The van der Waals surface area contributed by atoms with Crippen LogP contribution < -0.4 is 29.6 Å². The Labute approximate surface area is 99.2 Å². The first kappa shape index (κ1) is 14.9. The maximum absolute atomic E-state index is 4.85. The zero-order chi connectivity index (χ0) is 7.66. The summed E-state index contributed by atoms with van der Waals surface area (Å²) in [7, 11) is 0. The van der Waals surface area contributed by atoms with Gasteiger partial charge in [-0.15, -0.1) is 0 Å². The Balaban J connectivity index is 0. The second-order valence-electron chi connectivity index (χ2n) is 2.83. The predicted molar refractivity (Wildman–Crippen MR) is 50.2 cm³/mol. The van der Waals surface area contributed by atoms with Crippen LogP contribution in [0.5, 0.6) is 0 Å². The average molecular weight is 182 g/mol. The predicted octanol–water partition coefficient (Wildman–Crippen LogP) is 0.288. The molecule has 11 heavy (non-hydrogen) atoms. The van der Waals surface area contributed by atoms with Crippen molar-refractivity contribution in [2.24, 2.45) is 0 Å². The molecule has 0 saturated carbocycles. The molecule has 62 valence electrons. The molecule has 0 N–H and O–H groups in total. The van der Waals surface area contributed by atoms with Crippen LogP contribution in [0.3, 0.4) is 0 Å². The summed E-state index contributed by atoms with van der Waals surface area (Å²) in [5.41, 5.74) is 0. The first-order chi connectivity index (χ1) is 4.91. The van der Waals surface area contributed by atoms with E-state index in [0.717, 1.165) is 5.75 Å². The van der Waals surface area contributed by atoms with Crippen molar-refractivity contribution in [2.45, 2.75) is 51.9 Å². The van der Waals surface area contributed by atoms with E-state index in [0.29, 0.717) is 0 Å². The third kappa shape index (κ3) is 14.2. The van der Waals surface area contributed by atoms with Gasteiger partial charge in [0.05, 0.1) is 0 Å². The molecule has 0 radical (unpaired) electrons.